The molecule has 4 fully saturated rings. The Bertz CT molecular complexity index is 1020. The van der Waals surface area contributed by atoms with Crippen LogP contribution in [0.25, 0.3) is 11.0 Å². The molecule has 6 heteroatoms. The number of imide groups is 1. The summed E-state index contributed by atoms with van der Waals surface area (Å²) < 4.78 is 5.49. The van der Waals surface area contributed by atoms with Gasteiger partial charge in [0.2, 0.25) is 11.8 Å². The molecule has 6 rings (SSSR count). The molecular formula is C28H37N3O3. The van der Waals surface area contributed by atoms with Crippen LogP contribution in [0.4, 0.5) is 5.69 Å². The lowest BCUT2D eigenvalue weighted by Gasteiger charge is -2.41. The van der Waals surface area contributed by atoms with Crippen LogP contribution in [0.1, 0.15) is 51.4 Å². The van der Waals surface area contributed by atoms with Crippen LogP contribution in [0.15, 0.2) is 34.9 Å². The van der Waals surface area contributed by atoms with Crippen molar-refractivity contribution in [2.24, 2.45) is 23.7 Å². The van der Waals surface area contributed by atoms with Gasteiger partial charge >= 0.3 is 0 Å². The third-order valence-corrected chi connectivity index (χ3v) is 9.08. The molecule has 6 nitrogen and oxygen atoms in total. The van der Waals surface area contributed by atoms with Gasteiger partial charge in [0.05, 0.1) is 18.1 Å². The number of furan rings is 1. The minimum Gasteiger partial charge on any atom is -0.464 e. The fourth-order valence-corrected chi connectivity index (χ4v) is 7.08. The van der Waals surface area contributed by atoms with Crippen LogP contribution in [0, 0.1) is 23.7 Å². The van der Waals surface area contributed by atoms with Crippen LogP contribution in [-0.4, -0.2) is 60.9 Å². The molecule has 1 aromatic carbocycles. The molecule has 2 saturated heterocycles. The van der Waals surface area contributed by atoms with Gasteiger partial charge in [0.25, 0.3) is 0 Å². The first-order valence-corrected chi connectivity index (χ1v) is 13.5. The lowest BCUT2D eigenvalue weighted by molar-refractivity contribution is -0.141. The zero-order valence-electron chi connectivity index (χ0n) is 20.2. The molecule has 2 aliphatic carbocycles. The molecular weight excluding hydrogens is 426 g/mol. The number of carbonyl (C=O) groups is 2. The van der Waals surface area contributed by atoms with Crippen molar-refractivity contribution in [1.29, 1.82) is 0 Å². The van der Waals surface area contributed by atoms with Crippen molar-refractivity contribution in [3.8, 4) is 0 Å². The predicted molar refractivity (Wildman–Crippen MR) is 132 cm³/mol. The van der Waals surface area contributed by atoms with Crippen molar-refractivity contribution in [2.45, 2.75) is 51.4 Å². The number of rotatable bonds is 5. The molecule has 0 N–H and O–H groups in total. The van der Waals surface area contributed by atoms with Crippen LogP contribution in [-0.2, 0) is 9.59 Å². The second kappa shape index (κ2) is 9.37. The molecule has 2 aromatic rings. The Labute approximate surface area is 202 Å². The van der Waals surface area contributed by atoms with Crippen LogP contribution in [0.3, 0.4) is 0 Å². The molecule has 1 aromatic heterocycles. The first-order chi connectivity index (χ1) is 16.7. The molecule has 182 valence electrons. The number of benzene rings is 1. The van der Waals surface area contributed by atoms with Gasteiger partial charge in [-0.2, -0.15) is 0 Å². The highest BCUT2D eigenvalue weighted by molar-refractivity contribution is 6.05. The van der Waals surface area contributed by atoms with Gasteiger partial charge in [-0.15, -0.1) is 0 Å². The lowest BCUT2D eigenvalue weighted by atomic mass is 9.78. The summed E-state index contributed by atoms with van der Waals surface area (Å²) in [6, 6.07) is 8.50. The number of piperazine rings is 1. The van der Waals surface area contributed by atoms with Crippen molar-refractivity contribution < 1.29 is 14.0 Å². The van der Waals surface area contributed by atoms with Gasteiger partial charge in [0.1, 0.15) is 5.58 Å². The van der Waals surface area contributed by atoms with E-state index < -0.39 is 0 Å². The topological polar surface area (TPSA) is 57.0 Å². The number of anilines is 1. The number of hydrogen-bond acceptors (Lipinski definition) is 5. The maximum Gasteiger partial charge on any atom is 0.233 e. The van der Waals surface area contributed by atoms with E-state index in [1.165, 1.54) is 24.9 Å². The molecule has 0 radical (unpaired) electrons. The molecule has 4 unspecified atom stereocenters. The Kier molecular flexibility index (Phi) is 6.10. The van der Waals surface area contributed by atoms with E-state index in [9.17, 15) is 9.59 Å². The van der Waals surface area contributed by atoms with E-state index in [1.807, 2.05) is 6.07 Å². The number of hydrogen-bond donors (Lipinski definition) is 0. The summed E-state index contributed by atoms with van der Waals surface area (Å²) in [4.78, 5) is 32.9. The first-order valence-electron chi connectivity index (χ1n) is 13.5. The summed E-state index contributed by atoms with van der Waals surface area (Å²) in [6.07, 6.45) is 10.7. The van der Waals surface area contributed by atoms with Gasteiger partial charge in [0, 0.05) is 50.3 Å². The molecule has 2 amide bonds. The highest BCUT2D eigenvalue weighted by Crippen LogP contribution is 2.40. The van der Waals surface area contributed by atoms with E-state index in [0.29, 0.717) is 18.4 Å². The van der Waals surface area contributed by atoms with E-state index in [2.05, 4.69) is 28.0 Å². The summed E-state index contributed by atoms with van der Waals surface area (Å²) in [6.45, 7) is 5.97. The largest absolute Gasteiger partial charge is 0.464 e. The van der Waals surface area contributed by atoms with Crippen molar-refractivity contribution in [3.63, 3.8) is 0 Å². The maximum absolute atomic E-state index is 13.0. The van der Waals surface area contributed by atoms with Gasteiger partial charge in [-0.3, -0.25) is 19.4 Å². The Morgan fingerprint density at radius 1 is 0.765 bits per heavy atom. The van der Waals surface area contributed by atoms with Gasteiger partial charge in [-0.25, -0.2) is 0 Å². The summed E-state index contributed by atoms with van der Waals surface area (Å²) in [5.74, 6) is 1.30. The quantitative estimate of drug-likeness (QED) is 0.610. The number of carbonyl (C=O) groups excluding carboxylic acids is 2. The Morgan fingerprint density at radius 2 is 1.41 bits per heavy atom. The van der Waals surface area contributed by atoms with Crippen LogP contribution < -0.4 is 4.90 Å². The Balaban J connectivity index is 1.06. The number of fused-ring (bicyclic) bond motifs is 2. The molecule has 2 saturated carbocycles. The van der Waals surface area contributed by atoms with Gasteiger partial charge in [-0.1, -0.05) is 25.7 Å². The number of nitrogens with zero attached hydrogens (tertiary/aromatic N) is 3. The maximum atomic E-state index is 13.0. The summed E-state index contributed by atoms with van der Waals surface area (Å²) in [5.41, 5.74) is 2.22. The van der Waals surface area contributed by atoms with E-state index in [-0.39, 0.29) is 23.7 Å². The second-order valence-corrected chi connectivity index (χ2v) is 11.0. The number of amides is 2. The van der Waals surface area contributed by atoms with Gasteiger partial charge in [-0.05, 0) is 61.8 Å². The summed E-state index contributed by atoms with van der Waals surface area (Å²) in [5, 5.41) is 1.16. The van der Waals surface area contributed by atoms with Gasteiger partial charge < -0.3 is 9.32 Å². The van der Waals surface area contributed by atoms with Crippen LogP contribution >= 0.6 is 0 Å². The molecule has 2 aliphatic heterocycles. The standard InChI is InChI=1S/C28H37N3O3/c32-27-24-7-3-4-8-25(24)28(33)31(27)19-22-6-2-1-5-21(22)18-29-12-14-30(15-13-29)23-9-10-26-20(17-23)11-16-34-26/h9-11,16-17,21-22,24-25H,1-8,12-15,18-19H2. The fourth-order valence-electron chi connectivity index (χ4n) is 7.08. The molecule has 4 aliphatic rings. The highest BCUT2D eigenvalue weighted by atomic mass is 16.3. The zero-order valence-corrected chi connectivity index (χ0v) is 20.2. The number of likely N-dealkylation sites (tertiary alicyclic amines) is 1. The minimum atomic E-state index is -0.0161. The monoisotopic (exact) mass is 463 g/mol. The minimum absolute atomic E-state index is 0.0161. The molecule has 0 spiro atoms. The lowest BCUT2D eigenvalue weighted by Crippen LogP contribution is -2.49. The normalized spacial score (nSPS) is 30.8. The predicted octanol–water partition coefficient (Wildman–Crippen LogP) is 4.54. The Hall–Kier alpha value is -2.34. The SMILES string of the molecule is O=C1C2CCCCC2C(=O)N1CC1CCCCC1CN1CCN(c2ccc3occc3c2)CC1. The third kappa shape index (κ3) is 4.15. The van der Waals surface area contributed by atoms with E-state index in [0.717, 1.165) is 75.8 Å². The van der Waals surface area contributed by atoms with E-state index in [4.69, 9.17) is 4.42 Å². The Morgan fingerprint density at radius 3 is 2.12 bits per heavy atom. The highest BCUT2D eigenvalue weighted by Gasteiger charge is 2.49. The average Bonchev–Trinajstić information content (AvgIpc) is 3.44. The molecule has 4 atom stereocenters. The van der Waals surface area contributed by atoms with Crippen molar-refractivity contribution >= 4 is 28.5 Å². The summed E-state index contributed by atoms with van der Waals surface area (Å²) in [7, 11) is 0. The van der Waals surface area contributed by atoms with Crippen molar-refractivity contribution in [2.75, 3.05) is 44.2 Å². The van der Waals surface area contributed by atoms with Crippen LogP contribution in [0.5, 0.6) is 0 Å². The van der Waals surface area contributed by atoms with Gasteiger partial charge in [0.15, 0.2) is 0 Å². The smallest absolute Gasteiger partial charge is 0.233 e. The fraction of sp³-hybridized carbons (Fsp3) is 0.643. The molecule has 34 heavy (non-hydrogen) atoms. The summed E-state index contributed by atoms with van der Waals surface area (Å²) >= 11 is 0. The van der Waals surface area contributed by atoms with Crippen molar-refractivity contribution in [1.82, 2.24) is 9.80 Å². The third-order valence-electron chi connectivity index (χ3n) is 9.08. The first kappa shape index (κ1) is 22.1. The molecule has 0 bridgehead atoms. The second-order valence-electron chi connectivity index (χ2n) is 11.0. The van der Waals surface area contributed by atoms with E-state index in [1.54, 1.807) is 11.2 Å². The van der Waals surface area contributed by atoms with Crippen molar-refractivity contribution in [3.05, 3.63) is 30.5 Å². The van der Waals surface area contributed by atoms with Crippen LogP contribution in [0.2, 0.25) is 0 Å². The zero-order chi connectivity index (χ0) is 23.1. The average molecular weight is 464 g/mol. The molecule has 3 heterocycles. The van der Waals surface area contributed by atoms with E-state index >= 15 is 0 Å².